The summed E-state index contributed by atoms with van der Waals surface area (Å²) in [4.78, 5) is 24.0. The number of methoxy groups -OCH3 is 1. The number of hydrogen-bond acceptors (Lipinski definition) is 6. The number of anilines is 3. The first-order valence-electron chi connectivity index (χ1n) is 8.16. The van der Waals surface area contributed by atoms with Crippen LogP contribution in [0.4, 0.5) is 17.1 Å². The first kappa shape index (κ1) is 17.3. The van der Waals surface area contributed by atoms with Gasteiger partial charge in [0.25, 0.3) is 10.9 Å². The summed E-state index contributed by atoms with van der Waals surface area (Å²) in [6, 6.07) is 11.2. The molecule has 1 aromatic heterocycles. The van der Waals surface area contributed by atoms with Crippen LogP contribution in [0.3, 0.4) is 0 Å². The number of benzene rings is 2. The molecule has 0 saturated carbocycles. The number of rotatable bonds is 6. The fourth-order valence-electron chi connectivity index (χ4n) is 2.88. The highest BCUT2D eigenvalue weighted by Gasteiger charge is 2.21. The molecule has 0 atom stereocenters. The second-order valence-electron chi connectivity index (χ2n) is 6.03. The quantitative estimate of drug-likeness (QED) is 0.409. The van der Waals surface area contributed by atoms with Gasteiger partial charge in [0.2, 0.25) is 0 Å². The van der Waals surface area contributed by atoms with Crippen molar-refractivity contribution in [3.8, 4) is 5.75 Å². The molecule has 7 nitrogen and oxygen atoms in total. The molecule has 0 bridgehead atoms. The van der Waals surface area contributed by atoms with Crippen LogP contribution in [-0.4, -0.2) is 17.3 Å². The Morgan fingerprint density at radius 1 is 1.15 bits per heavy atom. The van der Waals surface area contributed by atoms with Crippen LogP contribution in [0.2, 0.25) is 0 Å². The van der Waals surface area contributed by atoms with E-state index in [1.807, 2.05) is 36.4 Å². The van der Waals surface area contributed by atoms with Crippen molar-refractivity contribution in [2.75, 3.05) is 17.7 Å². The van der Waals surface area contributed by atoms with E-state index in [-0.39, 0.29) is 11.4 Å². The van der Waals surface area contributed by atoms with Crippen LogP contribution in [0, 0.1) is 0 Å². The highest BCUT2D eigenvalue weighted by Crippen LogP contribution is 2.29. The maximum absolute atomic E-state index is 12.0. The smallest absolute Gasteiger partial charge is 0.253 e. The van der Waals surface area contributed by atoms with E-state index in [1.54, 1.807) is 13.3 Å². The fourth-order valence-corrected chi connectivity index (χ4v) is 3.45. The molecule has 0 saturated heterocycles. The zero-order chi connectivity index (χ0) is 19.0. The Morgan fingerprint density at radius 2 is 1.96 bits per heavy atom. The van der Waals surface area contributed by atoms with Gasteiger partial charge in [0, 0.05) is 22.1 Å². The average Bonchev–Trinajstić information content (AvgIpc) is 3.16. The first-order chi connectivity index (χ1) is 13.1. The number of aromatic nitrogens is 2. The van der Waals surface area contributed by atoms with E-state index in [2.05, 4.69) is 36.8 Å². The molecule has 4 rings (SSSR count). The molecular weight excluding hydrogens is 412 g/mol. The van der Waals surface area contributed by atoms with Gasteiger partial charge in [-0.2, -0.15) is 5.10 Å². The van der Waals surface area contributed by atoms with Crippen molar-refractivity contribution in [1.29, 1.82) is 0 Å². The topological polar surface area (TPSA) is 96.1 Å². The van der Waals surface area contributed by atoms with Crippen LogP contribution in [0.15, 0.2) is 56.7 Å². The molecule has 0 spiro atoms. The number of nitrogens with zero attached hydrogens (tertiary/aromatic N) is 1. The van der Waals surface area contributed by atoms with E-state index < -0.39 is 10.9 Å². The number of halogens is 1. The molecule has 0 fully saturated rings. The third-order valence-corrected chi connectivity index (χ3v) is 4.91. The number of hydrogen-bond donors (Lipinski definition) is 3. The molecule has 3 N–H and O–H groups in total. The van der Waals surface area contributed by atoms with Gasteiger partial charge in [-0.25, -0.2) is 0 Å². The average molecular weight is 427 g/mol. The molecule has 3 aromatic carbocycles. The zero-order valence-electron chi connectivity index (χ0n) is 14.3. The minimum Gasteiger partial charge on any atom is -0.497 e. The molecule has 0 aliphatic heterocycles. The third kappa shape index (κ3) is 3.19. The van der Waals surface area contributed by atoms with Gasteiger partial charge >= 0.3 is 0 Å². The van der Waals surface area contributed by atoms with Crippen molar-refractivity contribution in [1.82, 2.24) is 10.2 Å². The first-order valence-corrected chi connectivity index (χ1v) is 8.96. The lowest BCUT2D eigenvalue weighted by atomic mass is 10.1. The number of aromatic amines is 1. The van der Waals surface area contributed by atoms with E-state index >= 15 is 0 Å². The maximum Gasteiger partial charge on any atom is 0.253 e. The molecular formula is C19H15BrN4O3. The Morgan fingerprint density at radius 3 is 2.78 bits per heavy atom. The molecule has 0 radical (unpaired) electrons. The van der Waals surface area contributed by atoms with Gasteiger partial charge in [-0.3, -0.25) is 14.7 Å². The molecule has 1 heterocycles. The summed E-state index contributed by atoms with van der Waals surface area (Å²) in [5.74, 6) is 0.732. The van der Waals surface area contributed by atoms with Crippen LogP contribution in [0.25, 0.3) is 10.9 Å². The standard InChI is InChI=1S/C19H15BrN4O3/c1-27-13-4-2-3-10(5-13)8-21-16-17(19(26)18(16)25)23-12-6-11-9-22-24-15(11)14(20)7-12/h2-7,9,21,23H,8H2,1H3,(H,22,24). The van der Waals surface area contributed by atoms with E-state index in [0.29, 0.717) is 12.2 Å². The van der Waals surface area contributed by atoms with E-state index in [0.717, 1.165) is 26.7 Å². The Kier molecular flexibility index (Phi) is 4.41. The normalized spacial score (nSPS) is 11.0. The lowest BCUT2D eigenvalue weighted by Crippen LogP contribution is -2.36. The maximum atomic E-state index is 12.0. The van der Waals surface area contributed by atoms with Crippen molar-refractivity contribution >= 4 is 43.9 Å². The van der Waals surface area contributed by atoms with Crippen molar-refractivity contribution in [3.63, 3.8) is 0 Å². The number of H-pyrrole nitrogens is 1. The highest BCUT2D eigenvalue weighted by molar-refractivity contribution is 9.10. The van der Waals surface area contributed by atoms with Gasteiger partial charge in [0.05, 0.1) is 18.8 Å². The van der Waals surface area contributed by atoms with Crippen LogP contribution in [0.5, 0.6) is 5.75 Å². The molecule has 27 heavy (non-hydrogen) atoms. The third-order valence-electron chi connectivity index (χ3n) is 4.28. The number of fused-ring (bicyclic) bond motifs is 1. The van der Waals surface area contributed by atoms with Crippen molar-refractivity contribution in [2.24, 2.45) is 0 Å². The van der Waals surface area contributed by atoms with Gasteiger partial charge in [0.1, 0.15) is 17.1 Å². The molecule has 0 unspecified atom stereocenters. The summed E-state index contributed by atoms with van der Waals surface area (Å²) >= 11 is 3.47. The molecule has 8 heteroatoms. The van der Waals surface area contributed by atoms with E-state index in [9.17, 15) is 9.59 Å². The fraction of sp³-hybridized carbons (Fsp3) is 0.105. The Labute approximate surface area is 162 Å². The highest BCUT2D eigenvalue weighted by atomic mass is 79.9. The largest absolute Gasteiger partial charge is 0.497 e. The van der Waals surface area contributed by atoms with Gasteiger partial charge < -0.3 is 15.4 Å². The minimum absolute atomic E-state index is 0.262. The minimum atomic E-state index is -0.536. The van der Waals surface area contributed by atoms with Gasteiger partial charge in [-0.05, 0) is 45.8 Å². The predicted octanol–water partition coefficient (Wildman–Crippen LogP) is 3.29. The Balaban J connectivity index is 1.56. The van der Waals surface area contributed by atoms with Crippen molar-refractivity contribution in [3.05, 3.63) is 73.1 Å². The molecule has 136 valence electrons. The number of nitrogens with one attached hydrogen (secondary N) is 3. The summed E-state index contributed by atoms with van der Waals surface area (Å²) in [5, 5.41) is 13.9. The Bertz CT molecular complexity index is 1210. The van der Waals surface area contributed by atoms with Crippen LogP contribution >= 0.6 is 15.9 Å². The van der Waals surface area contributed by atoms with E-state index in [4.69, 9.17) is 4.74 Å². The molecule has 0 aliphatic rings. The summed E-state index contributed by atoms with van der Waals surface area (Å²) in [6.07, 6.45) is 1.69. The van der Waals surface area contributed by atoms with Gasteiger partial charge in [0.15, 0.2) is 0 Å². The summed E-state index contributed by atoms with van der Waals surface area (Å²) in [6.45, 7) is 0.404. The van der Waals surface area contributed by atoms with Crippen LogP contribution < -0.4 is 26.2 Å². The monoisotopic (exact) mass is 426 g/mol. The Hall–Kier alpha value is -3.13. The van der Waals surface area contributed by atoms with Crippen LogP contribution in [0.1, 0.15) is 5.56 Å². The number of ether oxygens (including phenoxy) is 1. The molecule has 0 amide bonds. The summed E-state index contributed by atoms with van der Waals surface area (Å²) < 4.78 is 6.00. The lowest BCUT2D eigenvalue weighted by molar-refractivity contribution is 0.414. The summed E-state index contributed by atoms with van der Waals surface area (Å²) in [7, 11) is 1.60. The summed E-state index contributed by atoms with van der Waals surface area (Å²) in [5.41, 5.74) is 1.98. The predicted molar refractivity (Wildman–Crippen MR) is 109 cm³/mol. The van der Waals surface area contributed by atoms with Crippen molar-refractivity contribution in [2.45, 2.75) is 6.54 Å². The second-order valence-corrected chi connectivity index (χ2v) is 6.88. The van der Waals surface area contributed by atoms with Gasteiger partial charge in [-0.15, -0.1) is 0 Å². The van der Waals surface area contributed by atoms with Gasteiger partial charge in [-0.1, -0.05) is 12.1 Å². The van der Waals surface area contributed by atoms with Crippen LogP contribution in [-0.2, 0) is 6.54 Å². The SMILES string of the molecule is COc1cccc(CNc2c(Nc3cc(Br)c4[nH]ncc4c3)c(=O)c2=O)c1. The molecule has 0 aliphatic carbocycles. The van der Waals surface area contributed by atoms with Crippen molar-refractivity contribution < 1.29 is 4.74 Å². The second kappa shape index (κ2) is 6.88. The van der Waals surface area contributed by atoms with E-state index in [1.165, 1.54) is 0 Å². The molecule has 4 aromatic rings. The zero-order valence-corrected chi connectivity index (χ0v) is 15.9. The lowest BCUT2D eigenvalue weighted by Gasteiger charge is -2.15.